The van der Waals surface area contributed by atoms with Crippen LogP contribution in [0.15, 0.2) is 0 Å². The Balaban J connectivity index is 2.33. The van der Waals surface area contributed by atoms with E-state index in [0.29, 0.717) is 6.04 Å². The van der Waals surface area contributed by atoms with Gasteiger partial charge in [0.05, 0.1) is 0 Å². The lowest BCUT2D eigenvalue weighted by Crippen LogP contribution is -2.44. The molecule has 0 amide bonds. The van der Waals surface area contributed by atoms with Crippen molar-refractivity contribution in [3.63, 3.8) is 0 Å². The van der Waals surface area contributed by atoms with E-state index in [2.05, 4.69) is 25.1 Å². The predicted molar refractivity (Wildman–Crippen MR) is 65.8 cm³/mol. The molecule has 0 radical (unpaired) electrons. The fourth-order valence-electron chi connectivity index (χ4n) is 1.99. The molecule has 0 aliphatic heterocycles. The third-order valence-corrected chi connectivity index (χ3v) is 4.09. The third kappa shape index (κ3) is 3.44. The van der Waals surface area contributed by atoms with E-state index in [1.807, 2.05) is 11.8 Å². The Morgan fingerprint density at radius 1 is 1.50 bits per heavy atom. The second-order valence-corrected chi connectivity index (χ2v) is 5.40. The molecule has 1 aliphatic rings. The minimum Gasteiger partial charge on any atom is -0.329 e. The standard InChI is InChI=1S/C11H24N2S/c1-9(10-4-5-10)13(2)11(8-12)6-7-14-3/h9-11H,4-8,12H2,1-3H3. The van der Waals surface area contributed by atoms with E-state index in [1.165, 1.54) is 25.0 Å². The van der Waals surface area contributed by atoms with Crippen LogP contribution in [0.5, 0.6) is 0 Å². The van der Waals surface area contributed by atoms with Crippen LogP contribution in [0.25, 0.3) is 0 Å². The maximum absolute atomic E-state index is 5.82. The summed E-state index contributed by atoms with van der Waals surface area (Å²) in [6.45, 7) is 3.15. The molecule has 0 aromatic carbocycles. The Hall–Kier alpha value is 0.270. The fourth-order valence-corrected chi connectivity index (χ4v) is 2.49. The molecule has 2 atom stereocenters. The minimum atomic E-state index is 0.582. The van der Waals surface area contributed by atoms with Gasteiger partial charge >= 0.3 is 0 Å². The Labute approximate surface area is 92.6 Å². The van der Waals surface area contributed by atoms with E-state index in [4.69, 9.17) is 5.73 Å². The van der Waals surface area contributed by atoms with Crippen molar-refractivity contribution in [1.82, 2.24) is 4.90 Å². The summed E-state index contributed by atoms with van der Waals surface area (Å²) in [4.78, 5) is 2.49. The summed E-state index contributed by atoms with van der Waals surface area (Å²) in [6.07, 6.45) is 6.24. The van der Waals surface area contributed by atoms with Gasteiger partial charge in [0, 0.05) is 18.6 Å². The molecule has 1 saturated carbocycles. The van der Waals surface area contributed by atoms with Gasteiger partial charge in [0.2, 0.25) is 0 Å². The first-order chi connectivity index (χ1) is 6.70. The first-order valence-electron chi connectivity index (χ1n) is 5.61. The Kier molecular flexibility index (Phi) is 5.28. The lowest BCUT2D eigenvalue weighted by Gasteiger charge is -2.32. The Bertz CT molecular complexity index is 159. The summed E-state index contributed by atoms with van der Waals surface area (Å²) in [5.41, 5.74) is 5.82. The minimum absolute atomic E-state index is 0.582. The van der Waals surface area contributed by atoms with Gasteiger partial charge in [-0.25, -0.2) is 0 Å². The molecule has 0 bridgehead atoms. The van der Waals surface area contributed by atoms with Crippen molar-refractivity contribution in [2.45, 2.75) is 38.3 Å². The molecule has 0 aromatic rings. The molecular weight excluding hydrogens is 192 g/mol. The zero-order chi connectivity index (χ0) is 10.6. The summed E-state index contributed by atoms with van der Waals surface area (Å²) in [5, 5.41) is 0. The van der Waals surface area contributed by atoms with Crippen molar-refractivity contribution in [2.75, 3.05) is 25.6 Å². The van der Waals surface area contributed by atoms with Crippen molar-refractivity contribution in [3.05, 3.63) is 0 Å². The maximum Gasteiger partial charge on any atom is 0.0226 e. The lowest BCUT2D eigenvalue weighted by molar-refractivity contribution is 0.167. The topological polar surface area (TPSA) is 29.3 Å². The van der Waals surface area contributed by atoms with Crippen molar-refractivity contribution in [2.24, 2.45) is 11.7 Å². The maximum atomic E-state index is 5.82. The van der Waals surface area contributed by atoms with Gasteiger partial charge in [0.1, 0.15) is 0 Å². The van der Waals surface area contributed by atoms with E-state index in [1.54, 1.807) is 0 Å². The molecule has 3 heteroatoms. The fraction of sp³-hybridized carbons (Fsp3) is 1.00. The van der Waals surface area contributed by atoms with Gasteiger partial charge in [0.15, 0.2) is 0 Å². The van der Waals surface area contributed by atoms with E-state index >= 15 is 0 Å². The SMILES string of the molecule is CSCCC(CN)N(C)C(C)C1CC1. The summed E-state index contributed by atoms with van der Waals surface area (Å²) >= 11 is 1.92. The van der Waals surface area contributed by atoms with Crippen LogP contribution in [0.3, 0.4) is 0 Å². The molecule has 2 N–H and O–H groups in total. The quantitative estimate of drug-likeness (QED) is 0.703. The van der Waals surface area contributed by atoms with Gasteiger partial charge in [-0.15, -0.1) is 0 Å². The van der Waals surface area contributed by atoms with Gasteiger partial charge in [0.25, 0.3) is 0 Å². The number of hydrogen-bond acceptors (Lipinski definition) is 3. The summed E-state index contributed by atoms with van der Waals surface area (Å²) in [6, 6.07) is 1.31. The smallest absolute Gasteiger partial charge is 0.0226 e. The van der Waals surface area contributed by atoms with Gasteiger partial charge in [-0.2, -0.15) is 11.8 Å². The zero-order valence-electron chi connectivity index (χ0n) is 9.70. The molecule has 0 aromatic heterocycles. The first-order valence-corrected chi connectivity index (χ1v) is 7.01. The molecule has 84 valence electrons. The van der Waals surface area contributed by atoms with Crippen molar-refractivity contribution in [3.8, 4) is 0 Å². The average molecular weight is 216 g/mol. The molecule has 0 saturated heterocycles. The normalized spacial score (nSPS) is 21.2. The van der Waals surface area contributed by atoms with Crippen LogP contribution in [0.4, 0.5) is 0 Å². The van der Waals surface area contributed by atoms with Gasteiger partial charge < -0.3 is 5.73 Å². The molecule has 2 nitrogen and oxygen atoms in total. The molecular formula is C11H24N2S. The molecule has 1 rings (SSSR count). The first kappa shape index (κ1) is 12.3. The summed E-state index contributed by atoms with van der Waals surface area (Å²) in [5.74, 6) is 2.17. The third-order valence-electron chi connectivity index (χ3n) is 3.45. The molecule has 14 heavy (non-hydrogen) atoms. The number of likely N-dealkylation sites (N-methyl/N-ethyl adjacent to an activating group) is 1. The highest BCUT2D eigenvalue weighted by molar-refractivity contribution is 7.98. The molecule has 0 heterocycles. The molecule has 2 unspecified atom stereocenters. The van der Waals surface area contributed by atoms with Crippen LogP contribution in [-0.2, 0) is 0 Å². The van der Waals surface area contributed by atoms with Gasteiger partial charge in [-0.1, -0.05) is 0 Å². The summed E-state index contributed by atoms with van der Waals surface area (Å²) in [7, 11) is 2.24. The van der Waals surface area contributed by atoms with Crippen LogP contribution < -0.4 is 5.73 Å². The van der Waals surface area contributed by atoms with Crippen LogP contribution in [0.1, 0.15) is 26.2 Å². The highest BCUT2D eigenvalue weighted by Gasteiger charge is 2.32. The predicted octanol–water partition coefficient (Wildman–Crippen LogP) is 1.80. The van der Waals surface area contributed by atoms with E-state index in [9.17, 15) is 0 Å². The zero-order valence-corrected chi connectivity index (χ0v) is 10.5. The number of hydrogen-bond donors (Lipinski definition) is 1. The second kappa shape index (κ2) is 5.99. The number of nitrogens with two attached hydrogens (primary N) is 1. The van der Waals surface area contributed by atoms with E-state index in [0.717, 1.165) is 18.5 Å². The number of rotatable bonds is 7. The highest BCUT2D eigenvalue weighted by Crippen LogP contribution is 2.35. The largest absolute Gasteiger partial charge is 0.329 e. The van der Waals surface area contributed by atoms with Crippen molar-refractivity contribution < 1.29 is 0 Å². The van der Waals surface area contributed by atoms with Crippen LogP contribution in [-0.4, -0.2) is 42.6 Å². The second-order valence-electron chi connectivity index (χ2n) is 4.41. The number of thioether (sulfide) groups is 1. The molecule has 1 fully saturated rings. The van der Waals surface area contributed by atoms with E-state index in [-0.39, 0.29) is 0 Å². The van der Waals surface area contributed by atoms with Crippen molar-refractivity contribution >= 4 is 11.8 Å². The number of nitrogens with zero attached hydrogens (tertiary/aromatic N) is 1. The molecule has 1 aliphatic carbocycles. The lowest BCUT2D eigenvalue weighted by atomic mass is 10.1. The van der Waals surface area contributed by atoms with Crippen LogP contribution in [0.2, 0.25) is 0 Å². The monoisotopic (exact) mass is 216 g/mol. The van der Waals surface area contributed by atoms with Crippen molar-refractivity contribution in [1.29, 1.82) is 0 Å². The van der Waals surface area contributed by atoms with Gasteiger partial charge in [-0.3, -0.25) is 4.90 Å². The highest BCUT2D eigenvalue weighted by atomic mass is 32.2. The Morgan fingerprint density at radius 3 is 2.57 bits per heavy atom. The Morgan fingerprint density at radius 2 is 2.14 bits per heavy atom. The summed E-state index contributed by atoms with van der Waals surface area (Å²) < 4.78 is 0. The average Bonchev–Trinajstić information content (AvgIpc) is 3.01. The van der Waals surface area contributed by atoms with Gasteiger partial charge in [-0.05, 0) is 51.2 Å². The van der Waals surface area contributed by atoms with Crippen LogP contribution in [0, 0.1) is 5.92 Å². The molecule has 0 spiro atoms. The van der Waals surface area contributed by atoms with E-state index < -0.39 is 0 Å². The van der Waals surface area contributed by atoms with Crippen LogP contribution >= 0.6 is 11.8 Å².